The van der Waals surface area contributed by atoms with E-state index in [0.717, 1.165) is 12.8 Å². The van der Waals surface area contributed by atoms with E-state index in [4.69, 9.17) is 4.74 Å². The number of hydrogen-bond acceptors (Lipinski definition) is 2. The fourth-order valence-electron chi connectivity index (χ4n) is 3.65. The fraction of sp³-hybridized carbons (Fsp3) is 0.962. The Morgan fingerprint density at radius 3 is 1.32 bits per heavy atom. The second-order valence-electron chi connectivity index (χ2n) is 9.16. The first-order valence-electron chi connectivity index (χ1n) is 12.8. The zero-order valence-corrected chi connectivity index (χ0v) is 19.7. The van der Waals surface area contributed by atoms with Crippen LogP contribution in [0.15, 0.2) is 0 Å². The third kappa shape index (κ3) is 23.5. The van der Waals surface area contributed by atoms with Crippen molar-refractivity contribution >= 4 is 5.97 Å². The molecule has 0 unspecified atom stereocenters. The van der Waals surface area contributed by atoms with Crippen LogP contribution in [-0.2, 0) is 9.53 Å². The van der Waals surface area contributed by atoms with Gasteiger partial charge in [0.2, 0.25) is 0 Å². The average molecular weight is 397 g/mol. The molecule has 0 aliphatic carbocycles. The van der Waals surface area contributed by atoms with Gasteiger partial charge in [0, 0.05) is 6.42 Å². The van der Waals surface area contributed by atoms with Crippen LogP contribution in [0.3, 0.4) is 0 Å². The molecule has 0 heterocycles. The van der Waals surface area contributed by atoms with E-state index in [1.807, 2.05) is 0 Å². The molecule has 0 fully saturated rings. The molecule has 0 atom stereocenters. The van der Waals surface area contributed by atoms with Gasteiger partial charge in [-0.25, -0.2) is 0 Å². The summed E-state index contributed by atoms with van der Waals surface area (Å²) < 4.78 is 5.25. The van der Waals surface area contributed by atoms with E-state index in [-0.39, 0.29) is 5.97 Å². The Morgan fingerprint density at radius 2 is 0.964 bits per heavy atom. The molecule has 0 radical (unpaired) electrons. The molecule has 0 aromatic heterocycles. The van der Waals surface area contributed by atoms with Crippen molar-refractivity contribution in [3.05, 3.63) is 0 Å². The van der Waals surface area contributed by atoms with Gasteiger partial charge in [-0.2, -0.15) is 0 Å². The number of unbranched alkanes of at least 4 members (excludes halogenated alkanes) is 17. The summed E-state index contributed by atoms with van der Waals surface area (Å²) in [7, 11) is 0. The summed E-state index contributed by atoms with van der Waals surface area (Å²) in [6.45, 7) is 7.20. The van der Waals surface area contributed by atoms with E-state index in [1.165, 1.54) is 109 Å². The highest BCUT2D eigenvalue weighted by molar-refractivity contribution is 5.69. The topological polar surface area (TPSA) is 26.3 Å². The van der Waals surface area contributed by atoms with E-state index >= 15 is 0 Å². The van der Waals surface area contributed by atoms with E-state index in [2.05, 4.69) is 20.8 Å². The van der Waals surface area contributed by atoms with Crippen LogP contribution >= 0.6 is 0 Å². The van der Waals surface area contributed by atoms with Crippen LogP contribution in [0.25, 0.3) is 0 Å². The van der Waals surface area contributed by atoms with Crippen LogP contribution < -0.4 is 0 Å². The third-order valence-electron chi connectivity index (χ3n) is 5.69. The third-order valence-corrected chi connectivity index (χ3v) is 5.69. The lowest BCUT2D eigenvalue weighted by atomic mass is 10.0. The minimum Gasteiger partial charge on any atom is -0.466 e. The first-order valence-corrected chi connectivity index (χ1v) is 12.8. The first kappa shape index (κ1) is 27.5. The molecule has 2 heteroatoms. The number of carbonyl (C=O) groups is 1. The normalized spacial score (nSPS) is 11.3. The molecule has 0 amide bonds. The quantitative estimate of drug-likeness (QED) is 0.135. The molecular formula is C26H52O2. The second-order valence-corrected chi connectivity index (χ2v) is 9.16. The molecule has 168 valence electrons. The first-order chi connectivity index (χ1) is 13.7. The molecule has 0 aromatic carbocycles. The van der Waals surface area contributed by atoms with Crippen LogP contribution in [0.5, 0.6) is 0 Å². The van der Waals surface area contributed by atoms with E-state index in [0.29, 0.717) is 18.9 Å². The van der Waals surface area contributed by atoms with E-state index in [9.17, 15) is 4.79 Å². The highest BCUT2D eigenvalue weighted by Crippen LogP contribution is 2.14. The van der Waals surface area contributed by atoms with Gasteiger partial charge in [-0.15, -0.1) is 0 Å². The van der Waals surface area contributed by atoms with Gasteiger partial charge in [-0.3, -0.25) is 4.79 Å². The van der Waals surface area contributed by atoms with Crippen LogP contribution in [0.4, 0.5) is 0 Å². The van der Waals surface area contributed by atoms with Crippen molar-refractivity contribution in [3.8, 4) is 0 Å². The van der Waals surface area contributed by atoms with Crippen molar-refractivity contribution < 1.29 is 9.53 Å². The molecule has 0 aromatic rings. The van der Waals surface area contributed by atoms with Crippen LogP contribution in [0.1, 0.15) is 149 Å². The maximum Gasteiger partial charge on any atom is 0.305 e. The lowest BCUT2D eigenvalue weighted by Crippen LogP contribution is -2.07. The molecular weight excluding hydrogens is 344 g/mol. The molecule has 0 aliphatic rings. The fourth-order valence-corrected chi connectivity index (χ4v) is 3.65. The van der Waals surface area contributed by atoms with Crippen molar-refractivity contribution in [2.75, 3.05) is 6.61 Å². The minimum atomic E-state index is -0.00265. The average Bonchev–Trinajstić information content (AvgIpc) is 2.66. The predicted octanol–water partition coefficient (Wildman–Crippen LogP) is 9.01. The van der Waals surface area contributed by atoms with Gasteiger partial charge >= 0.3 is 5.97 Å². The summed E-state index contributed by atoms with van der Waals surface area (Å²) >= 11 is 0. The SMILES string of the molecule is CCCCCCCCCCCCCCCCCCCCC(=O)OCCC(C)C. The number of hydrogen-bond donors (Lipinski definition) is 0. The molecule has 0 rings (SSSR count). The Hall–Kier alpha value is -0.530. The van der Waals surface area contributed by atoms with Crippen molar-refractivity contribution in [1.82, 2.24) is 0 Å². The largest absolute Gasteiger partial charge is 0.466 e. The number of rotatable bonds is 22. The number of carbonyl (C=O) groups excluding carboxylic acids is 1. The molecule has 0 spiro atoms. The molecule has 0 saturated carbocycles. The number of esters is 1. The van der Waals surface area contributed by atoms with Gasteiger partial charge in [-0.05, 0) is 18.8 Å². The Morgan fingerprint density at radius 1 is 0.607 bits per heavy atom. The van der Waals surface area contributed by atoms with Crippen molar-refractivity contribution in [1.29, 1.82) is 0 Å². The van der Waals surface area contributed by atoms with Gasteiger partial charge in [0.1, 0.15) is 0 Å². The van der Waals surface area contributed by atoms with Gasteiger partial charge in [0.25, 0.3) is 0 Å². The van der Waals surface area contributed by atoms with Crippen molar-refractivity contribution in [2.24, 2.45) is 5.92 Å². The summed E-state index contributed by atoms with van der Waals surface area (Å²) in [5.74, 6) is 0.607. The maximum absolute atomic E-state index is 11.6. The molecule has 0 saturated heterocycles. The maximum atomic E-state index is 11.6. The van der Waals surface area contributed by atoms with Crippen LogP contribution in [-0.4, -0.2) is 12.6 Å². The highest BCUT2D eigenvalue weighted by atomic mass is 16.5. The Kier molecular flexibility index (Phi) is 22.3. The lowest BCUT2D eigenvalue weighted by Gasteiger charge is -2.06. The van der Waals surface area contributed by atoms with Gasteiger partial charge in [0.05, 0.1) is 6.61 Å². The van der Waals surface area contributed by atoms with Gasteiger partial charge in [-0.1, -0.05) is 130 Å². The smallest absolute Gasteiger partial charge is 0.305 e. The van der Waals surface area contributed by atoms with Gasteiger partial charge < -0.3 is 4.74 Å². The zero-order chi connectivity index (χ0) is 20.7. The Balaban J connectivity index is 3.09. The predicted molar refractivity (Wildman–Crippen MR) is 124 cm³/mol. The molecule has 0 N–H and O–H groups in total. The molecule has 0 bridgehead atoms. The summed E-state index contributed by atoms with van der Waals surface area (Å²) in [6, 6.07) is 0. The van der Waals surface area contributed by atoms with E-state index < -0.39 is 0 Å². The van der Waals surface area contributed by atoms with Crippen molar-refractivity contribution in [2.45, 2.75) is 149 Å². The monoisotopic (exact) mass is 396 g/mol. The molecule has 28 heavy (non-hydrogen) atoms. The Labute approximate surface area is 177 Å². The summed E-state index contributed by atoms with van der Waals surface area (Å²) in [4.78, 5) is 11.6. The van der Waals surface area contributed by atoms with Crippen LogP contribution in [0, 0.1) is 5.92 Å². The minimum absolute atomic E-state index is 0.00265. The standard InChI is InChI=1S/C26H52O2/c1-4-5-6-7-8-9-10-11-12-13-14-15-16-17-18-19-20-21-22-26(27)28-24-23-25(2)3/h25H,4-24H2,1-3H3. The molecule has 0 aliphatic heterocycles. The second kappa shape index (κ2) is 22.8. The summed E-state index contributed by atoms with van der Waals surface area (Å²) in [6.07, 6.45) is 26.4. The van der Waals surface area contributed by atoms with Crippen LogP contribution in [0.2, 0.25) is 0 Å². The molecule has 2 nitrogen and oxygen atoms in total. The van der Waals surface area contributed by atoms with Crippen molar-refractivity contribution in [3.63, 3.8) is 0 Å². The van der Waals surface area contributed by atoms with E-state index in [1.54, 1.807) is 0 Å². The summed E-state index contributed by atoms with van der Waals surface area (Å²) in [5.41, 5.74) is 0. The zero-order valence-electron chi connectivity index (χ0n) is 19.7. The number of ether oxygens (including phenoxy) is 1. The van der Waals surface area contributed by atoms with Gasteiger partial charge in [0.15, 0.2) is 0 Å². The lowest BCUT2D eigenvalue weighted by molar-refractivity contribution is -0.144. The Bertz CT molecular complexity index is 312. The summed E-state index contributed by atoms with van der Waals surface area (Å²) in [5, 5.41) is 0. The highest BCUT2D eigenvalue weighted by Gasteiger charge is 2.03.